The number of hydrazone groups is 1. The van der Waals surface area contributed by atoms with Gasteiger partial charge in [0, 0.05) is 24.5 Å². The zero-order valence-corrected chi connectivity index (χ0v) is 13.8. The zero-order valence-electron chi connectivity index (χ0n) is 13.8. The number of phenolic OH excluding ortho intramolecular Hbond substituents is 1. The number of nitrogens with zero attached hydrogens (tertiary/aromatic N) is 2. The average Bonchev–Trinajstić information content (AvgIpc) is 3.01. The summed E-state index contributed by atoms with van der Waals surface area (Å²) in [7, 11) is 0. The molecule has 124 valence electrons. The minimum atomic E-state index is -0.236. The second-order valence-corrected chi connectivity index (χ2v) is 5.62. The molecule has 1 aliphatic heterocycles. The molecule has 1 N–H and O–H groups in total. The molecule has 1 amide bonds. The van der Waals surface area contributed by atoms with Crippen LogP contribution in [0.15, 0.2) is 53.6 Å². The Morgan fingerprint density at radius 3 is 2.67 bits per heavy atom. The van der Waals surface area contributed by atoms with Crippen LogP contribution in [0.2, 0.25) is 0 Å². The highest BCUT2D eigenvalue weighted by atomic mass is 16.5. The highest BCUT2D eigenvalue weighted by Gasteiger charge is 2.33. The third-order valence-corrected chi connectivity index (χ3v) is 4.03. The van der Waals surface area contributed by atoms with Crippen molar-refractivity contribution in [2.45, 2.75) is 26.3 Å². The first-order valence-electron chi connectivity index (χ1n) is 7.99. The fourth-order valence-corrected chi connectivity index (χ4v) is 2.97. The van der Waals surface area contributed by atoms with Gasteiger partial charge in [0.15, 0.2) is 0 Å². The topological polar surface area (TPSA) is 62.1 Å². The SMILES string of the molecule is CCOc1ccccc1[C@H]1CC(c2ccccc2O)=NN1C(C)=O. The maximum absolute atomic E-state index is 12.1. The highest BCUT2D eigenvalue weighted by Crippen LogP contribution is 2.38. The summed E-state index contributed by atoms with van der Waals surface area (Å²) < 4.78 is 5.70. The van der Waals surface area contributed by atoms with E-state index in [0.717, 1.165) is 11.3 Å². The van der Waals surface area contributed by atoms with Gasteiger partial charge in [-0.3, -0.25) is 4.79 Å². The molecule has 0 spiro atoms. The number of rotatable bonds is 4. The number of amides is 1. The molecule has 2 aromatic carbocycles. The lowest BCUT2D eigenvalue weighted by Crippen LogP contribution is -2.24. The molecule has 0 saturated carbocycles. The molecular formula is C19H20N2O3. The van der Waals surface area contributed by atoms with E-state index >= 15 is 0 Å². The smallest absolute Gasteiger partial charge is 0.240 e. The number of carbonyl (C=O) groups is 1. The summed E-state index contributed by atoms with van der Waals surface area (Å²) in [5.74, 6) is 0.778. The number of aromatic hydroxyl groups is 1. The van der Waals surface area contributed by atoms with Gasteiger partial charge in [-0.1, -0.05) is 30.3 Å². The molecule has 5 nitrogen and oxygen atoms in total. The van der Waals surface area contributed by atoms with E-state index < -0.39 is 0 Å². The van der Waals surface area contributed by atoms with Crippen LogP contribution >= 0.6 is 0 Å². The lowest BCUT2D eigenvalue weighted by Gasteiger charge is -2.22. The van der Waals surface area contributed by atoms with Crippen molar-refractivity contribution in [3.63, 3.8) is 0 Å². The molecule has 2 aromatic rings. The molecule has 24 heavy (non-hydrogen) atoms. The standard InChI is InChI=1S/C19H20N2O3/c1-3-24-19-11-7-5-9-15(19)17-12-16(20-21(17)13(2)22)14-8-4-6-10-18(14)23/h4-11,17,23H,3,12H2,1-2H3/t17-/m1/s1. The van der Waals surface area contributed by atoms with Crippen LogP contribution in [0.1, 0.15) is 37.4 Å². The van der Waals surface area contributed by atoms with Gasteiger partial charge < -0.3 is 9.84 Å². The third-order valence-electron chi connectivity index (χ3n) is 4.03. The van der Waals surface area contributed by atoms with Crippen LogP contribution in [0.4, 0.5) is 0 Å². The van der Waals surface area contributed by atoms with E-state index in [1.54, 1.807) is 12.1 Å². The van der Waals surface area contributed by atoms with E-state index in [0.29, 0.717) is 24.3 Å². The van der Waals surface area contributed by atoms with Crippen LogP contribution in [0, 0.1) is 0 Å². The van der Waals surface area contributed by atoms with Gasteiger partial charge in [0.1, 0.15) is 11.5 Å². The molecule has 5 heteroatoms. The lowest BCUT2D eigenvalue weighted by molar-refractivity contribution is -0.130. The summed E-state index contributed by atoms with van der Waals surface area (Å²) in [5, 5.41) is 16.0. The molecule has 0 radical (unpaired) electrons. The summed E-state index contributed by atoms with van der Waals surface area (Å²) in [6, 6.07) is 14.5. The molecule has 0 saturated heterocycles. The molecule has 0 bridgehead atoms. The zero-order chi connectivity index (χ0) is 17.1. The molecule has 0 aliphatic carbocycles. The van der Waals surface area contributed by atoms with Crippen LogP contribution in [-0.2, 0) is 4.79 Å². The van der Waals surface area contributed by atoms with Gasteiger partial charge in [0.25, 0.3) is 0 Å². The number of phenols is 1. The Morgan fingerprint density at radius 1 is 1.25 bits per heavy atom. The normalized spacial score (nSPS) is 16.8. The third kappa shape index (κ3) is 2.97. The largest absolute Gasteiger partial charge is 0.507 e. The summed E-state index contributed by atoms with van der Waals surface area (Å²) in [4.78, 5) is 12.1. The monoisotopic (exact) mass is 324 g/mol. The second-order valence-electron chi connectivity index (χ2n) is 5.62. The molecule has 3 rings (SSSR count). The van der Waals surface area contributed by atoms with E-state index in [9.17, 15) is 9.90 Å². The first-order chi connectivity index (χ1) is 11.6. The predicted molar refractivity (Wildman–Crippen MR) is 92.1 cm³/mol. The molecule has 0 fully saturated rings. The van der Waals surface area contributed by atoms with Crippen LogP contribution in [0.5, 0.6) is 11.5 Å². The van der Waals surface area contributed by atoms with Crippen molar-refractivity contribution in [1.82, 2.24) is 5.01 Å². The van der Waals surface area contributed by atoms with Gasteiger partial charge >= 0.3 is 0 Å². The first-order valence-corrected chi connectivity index (χ1v) is 7.99. The highest BCUT2D eigenvalue weighted by molar-refractivity contribution is 6.05. The molecular weight excluding hydrogens is 304 g/mol. The summed E-state index contributed by atoms with van der Waals surface area (Å²) in [5.41, 5.74) is 2.27. The summed E-state index contributed by atoms with van der Waals surface area (Å²) in [6.07, 6.45) is 0.529. The Bertz CT molecular complexity index is 786. The van der Waals surface area contributed by atoms with Crippen molar-refractivity contribution in [1.29, 1.82) is 0 Å². The number of carbonyl (C=O) groups excluding carboxylic acids is 1. The second kappa shape index (κ2) is 6.74. The van der Waals surface area contributed by atoms with Crippen LogP contribution in [0.3, 0.4) is 0 Å². The minimum absolute atomic E-state index is 0.142. The van der Waals surface area contributed by atoms with E-state index in [1.165, 1.54) is 11.9 Å². The predicted octanol–water partition coefficient (Wildman–Crippen LogP) is 3.49. The fourth-order valence-electron chi connectivity index (χ4n) is 2.97. The van der Waals surface area contributed by atoms with E-state index in [2.05, 4.69) is 5.10 Å². The number of para-hydroxylation sites is 2. The molecule has 1 atom stereocenters. The van der Waals surface area contributed by atoms with Crippen molar-refractivity contribution in [3.8, 4) is 11.5 Å². The maximum atomic E-state index is 12.1. The fraction of sp³-hybridized carbons (Fsp3) is 0.263. The van der Waals surface area contributed by atoms with Gasteiger partial charge in [-0.2, -0.15) is 5.10 Å². The molecule has 1 aliphatic rings. The quantitative estimate of drug-likeness (QED) is 0.936. The Kier molecular flexibility index (Phi) is 4.51. The van der Waals surface area contributed by atoms with Crippen molar-refractivity contribution in [2.24, 2.45) is 5.10 Å². The van der Waals surface area contributed by atoms with Gasteiger partial charge in [-0.25, -0.2) is 5.01 Å². The van der Waals surface area contributed by atoms with E-state index in [-0.39, 0.29) is 17.7 Å². The van der Waals surface area contributed by atoms with Crippen LogP contribution < -0.4 is 4.74 Å². The van der Waals surface area contributed by atoms with Crippen molar-refractivity contribution < 1.29 is 14.6 Å². The Balaban J connectivity index is 1.99. The van der Waals surface area contributed by atoms with Crippen molar-refractivity contribution >= 4 is 11.6 Å². The van der Waals surface area contributed by atoms with E-state index in [4.69, 9.17) is 4.74 Å². The Morgan fingerprint density at radius 2 is 1.96 bits per heavy atom. The Labute approximate surface area is 141 Å². The molecule has 0 unspecified atom stereocenters. The summed E-state index contributed by atoms with van der Waals surface area (Å²) in [6.45, 7) is 3.97. The number of hydrogen-bond donors (Lipinski definition) is 1. The van der Waals surface area contributed by atoms with Crippen molar-refractivity contribution in [2.75, 3.05) is 6.61 Å². The number of benzene rings is 2. The Hall–Kier alpha value is -2.82. The minimum Gasteiger partial charge on any atom is -0.507 e. The maximum Gasteiger partial charge on any atom is 0.240 e. The summed E-state index contributed by atoms with van der Waals surface area (Å²) >= 11 is 0. The molecule has 1 heterocycles. The number of hydrogen-bond acceptors (Lipinski definition) is 4. The van der Waals surface area contributed by atoms with Crippen LogP contribution in [-0.4, -0.2) is 28.3 Å². The van der Waals surface area contributed by atoms with Gasteiger partial charge in [0.05, 0.1) is 18.4 Å². The average molecular weight is 324 g/mol. The van der Waals surface area contributed by atoms with Crippen molar-refractivity contribution in [3.05, 3.63) is 59.7 Å². The molecule has 0 aromatic heterocycles. The van der Waals surface area contributed by atoms with Gasteiger partial charge in [-0.15, -0.1) is 0 Å². The lowest BCUT2D eigenvalue weighted by atomic mass is 9.97. The van der Waals surface area contributed by atoms with Gasteiger partial charge in [-0.05, 0) is 25.1 Å². The van der Waals surface area contributed by atoms with Crippen LogP contribution in [0.25, 0.3) is 0 Å². The van der Waals surface area contributed by atoms with Gasteiger partial charge in [0.2, 0.25) is 5.91 Å². The van der Waals surface area contributed by atoms with E-state index in [1.807, 2.05) is 43.3 Å². The first kappa shape index (κ1) is 16.1. The number of ether oxygens (including phenoxy) is 1.